The van der Waals surface area contributed by atoms with Gasteiger partial charge in [-0.3, -0.25) is 9.36 Å². The topological polar surface area (TPSA) is 54.9 Å². The number of hydrogen-bond donors (Lipinski definition) is 1. The Morgan fingerprint density at radius 3 is 2.54 bits per heavy atom. The first kappa shape index (κ1) is 9.77. The predicted octanol–water partition coefficient (Wildman–Crippen LogP) is 0.501. The molecule has 0 amide bonds. The standard InChI is InChI=1S/C9H14N2O2/c1-6(2)5-11-8(12)4-7(3)10-9(11)13/h4,6H,5H2,1-3H3,(H,10,13). The molecule has 4 nitrogen and oxygen atoms in total. The SMILES string of the molecule is Cc1cc(=O)n(CC(C)C)c(=O)[nH]1. The lowest BCUT2D eigenvalue weighted by molar-refractivity contribution is 0.491. The Morgan fingerprint density at radius 1 is 1.46 bits per heavy atom. The lowest BCUT2D eigenvalue weighted by Crippen LogP contribution is -2.36. The van der Waals surface area contributed by atoms with Crippen LogP contribution in [0.2, 0.25) is 0 Å². The maximum absolute atomic E-state index is 11.3. The summed E-state index contributed by atoms with van der Waals surface area (Å²) in [5.74, 6) is 0.293. The zero-order valence-corrected chi connectivity index (χ0v) is 8.13. The Kier molecular flexibility index (Phi) is 2.70. The van der Waals surface area contributed by atoms with Crippen molar-refractivity contribution >= 4 is 0 Å². The molecule has 0 radical (unpaired) electrons. The third-order valence-corrected chi connectivity index (χ3v) is 1.70. The summed E-state index contributed by atoms with van der Waals surface area (Å²) >= 11 is 0. The monoisotopic (exact) mass is 182 g/mol. The second kappa shape index (κ2) is 3.60. The normalized spacial score (nSPS) is 10.8. The van der Waals surface area contributed by atoms with Crippen molar-refractivity contribution in [2.75, 3.05) is 0 Å². The molecule has 0 bridgehead atoms. The number of nitrogens with zero attached hydrogens (tertiary/aromatic N) is 1. The van der Waals surface area contributed by atoms with Crippen LogP contribution in [0.3, 0.4) is 0 Å². The minimum atomic E-state index is -0.321. The van der Waals surface area contributed by atoms with Crippen LogP contribution in [-0.4, -0.2) is 9.55 Å². The van der Waals surface area contributed by atoms with Crippen molar-refractivity contribution in [1.82, 2.24) is 9.55 Å². The first-order valence-electron chi connectivity index (χ1n) is 4.31. The highest BCUT2D eigenvalue weighted by atomic mass is 16.2. The van der Waals surface area contributed by atoms with Gasteiger partial charge in [-0.15, -0.1) is 0 Å². The van der Waals surface area contributed by atoms with E-state index in [1.165, 1.54) is 10.6 Å². The van der Waals surface area contributed by atoms with Crippen molar-refractivity contribution in [1.29, 1.82) is 0 Å². The van der Waals surface area contributed by atoms with E-state index in [4.69, 9.17) is 0 Å². The highest BCUT2D eigenvalue weighted by Crippen LogP contribution is 1.92. The zero-order valence-electron chi connectivity index (χ0n) is 8.13. The molecule has 1 heterocycles. The highest BCUT2D eigenvalue weighted by Gasteiger charge is 2.03. The lowest BCUT2D eigenvalue weighted by atomic mass is 10.2. The molecule has 0 aromatic carbocycles. The summed E-state index contributed by atoms with van der Waals surface area (Å²) in [6, 6.07) is 1.43. The van der Waals surface area contributed by atoms with Gasteiger partial charge in [0.15, 0.2) is 0 Å². The van der Waals surface area contributed by atoms with Crippen molar-refractivity contribution in [3.8, 4) is 0 Å². The van der Waals surface area contributed by atoms with E-state index in [0.29, 0.717) is 18.2 Å². The van der Waals surface area contributed by atoms with Gasteiger partial charge in [0.1, 0.15) is 0 Å². The zero-order chi connectivity index (χ0) is 10.0. The Balaban J connectivity index is 3.22. The molecule has 13 heavy (non-hydrogen) atoms. The van der Waals surface area contributed by atoms with Gasteiger partial charge >= 0.3 is 5.69 Å². The molecule has 72 valence electrons. The van der Waals surface area contributed by atoms with Gasteiger partial charge in [-0.05, 0) is 12.8 Å². The molecule has 1 aromatic rings. The maximum Gasteiger partial charge on any atom is 0.328 e. The number of nitrogens with one attached hydrogen (secondary N) is 1. The Bertz CT molecular complexity index is 370. The molecule has 0 unspecified atom stereocenters. The summed E-state index contributed by atoms with van der Waals surface area (Å²) in [5.41, 5.74) is 0.0589. The van der Waals surface area contributed by atoms with Gasteiger partial charge in [-0.2, -0.15) is 0 Å². The molecule has 0 spiro atoms. The summed E-state index contributed by atoms with van der Waals surface area (Å²) in [6.07, 6.45) is 0. The molecule has 1 N–H and O–H groups in total. The lowest BCUT2D eigenvalue weighted by Gasteiger charge is -2.06. The van der Waals surface area contributed by atoms with Gasteiger partial charge in [0.2, 0.25) is 0 Å². The van der Waals surface area contributed by atoms with Crippen LogP contribution in [0.4, 0.5) is 0 Å². The van der Waals surface area contributed by atoms with E-state index in [-0.39, 0.29) is 11.2 Å². The summed E-state index contributed by atoms with van der Waals surface area (Å²) in [7, 11) is 0. The number of H-pyrrole nitrogens is 1. The van der Waals surface area contributed by atoms with Gasteiger partial charge in [-0.25, -0.2) is 4.79 Å². The fourth-order valence-corrected chi connectivity index (χ4v) is 1.17. The molecule has 0 saturated carbocycles. The molecule has 0 saturated heterocycles. The van der Waals surface area contributed by atoms with Crippen molar-refractivity contribution in [3.05, 3.63) is 32.6 Å². The fourth-order valence-electron chi connectivity index (χ4n) is 1.17. The summed E-state index contributed by atoms with van der Waals surface area (Å²) < 4.78 is 1.22. The van der Waals surface area contributed by atoms with E-state index < -0.39 is 0 Å². The van der Waals surface area contributed by atoms with Crippen LogP contribution in [0.1, 0.15) is 19.5 Å². The number of rotatable bonds is 2. The Hall–Kier alpha value is -1.32. The molecule has 0 atom stereocenters. The second-order valence-corrected chi connectivity index (χ2v) is 3.60. The largest absolute Gasteiger partial charge is 0.328 e. The third-order valence-electron chi connectivity index (χ3n) is 1.70. The molecule has 0 aliphatic rings. The molecule has 0 aliphatic carbocycles. The summed E-state index contributed by atoms with van der Waals surface area (Å²) in [5, 5.41) is 0. The molecule has 1 rings (SSSR count). The van der Waals surface area contributed by atoms with Crippen LogP contribution in [0.5, 0.6) is 0 Å². The second-order valence-electron chi connectivity index (χ2n) is 3.60. The van der Waals surface area contributed by atoms with Crippen LogP contribution < -0.4 is 11.2 Å². The van der Waals surface area contributed by atoms with Crippen molar-refractivity contribution in [2.45, 2.75) is 27.3 Å². The van der Waals surface area contributed by atoms with Crippen LogP contribution in [0.25, 0.3) is 0 Å². The van der Waals surface area contributed by atoms with E-state index in [2.05, 4.69) is 4.98 Å². The van der Waals surface area contributed by atoms with Gasteiger partial charge in [0.05, 0.1) is 0 Å². The van der Waals surface area contributed by atoms with E-state index in [9.17, 15) is 9.59 Å². The quantitative estimate of drug-likeness (QED) is 0.724. The summed E-state index contributed by atoms with van der Waals surface area (Å²) in [4.78, 5) is 25.2. The third kappa shape index (κ3) is 2.31. The fraction of sp³-hybridized carbons (Fsp3) is 0.556. The Morgan fingerprint density at radius 2 is 2.08 bits per heavy atom. The predicted molar refractivity (Wildman–Crippen MR) is 50.9 cm³/mol. The molecule has 0 aliphatic heterocycles. The first-order chi connectivity index (χ1) is 6.00. The van der Waals surface area contributed by atoms with Gasteiger partial charge in [0.25, 0.3) is 5.56 Å². The number of aromatic nitrogens is 2. The summed E-state index contributed by atoms with van der Waals surface area (Å²) in [6.45, 7) is 6.09. The Labute approximate surface area is 76.2 Å². The maximum atomic E-state index is 11.3. The highest BCUT2D eigenvalue weighted by molar-refractivity contribution is 4.96. The number of hydrogen-bond acceptors (Lipinski definition) is 2. The van der Waals surface area contributed by atoms with Crippen LogP contribution in [0, 0.1) is 12.8 Å². The average Bonchev–Trinajstić information content (AvgIpc) is 1.96. The first-order valence-corrected chi connectivity index (χ1v) is 4.31. The van der Waals surface area contributed by atoms with Gasteiger partial charge in [0, 0.05) is 18.3 Å². The van der Waals surface area contributed by atoms with Crippen LogP contribution in [-0.2, 0) is 6.54 Å². The van der Waals surface area contributed by atoms with Gasteiger partial charge < -0.3 is 4.98 Å². The molecule has 1 aromatic heterocycles. The average molecular weight is 182 g/mol. The molecule has 4 heteroatoms. The minimum absolute atomic E-state index is 0.227. The van der Waals surface area contributed by atoms with E-state index in [0.717, 1.165) is 0 Å². The smallest absolute Gasteiger partial charge is 0.311 e. The van der Waals surface area contributed by atoms with Gasteiger partial charge in [-0.1, -0.05) is 13.8 Å². The minimum Gasteiger partial charge on any atom is -0.311 e. The number of aryl methyl sites for hydroxylation is 1. The van der Waals surface area contributed by atoms with E-state index >= 15 is 0 Å². The van der Waals surface area contributed by atoms with Crippen LogP contribution >= 0.6 is 0 Å². The molecular weight excluding hydrogens is 168 g/mol. The van der Waals surface area contributed by atoms with Crippen molar-refractivity contribution in [2.24, 2.45) is 5.92 Å². The molecular formula is C9H14N2O2. The van der Waals surface area contributed by atoms with E-state index in [1.807, 2.05) is 13.8 Å². The molecule has 0 fully saturated rings. The van der Waals surface area contributed by atoms with Crippen molar-refractivity contribution in [3.63, 3.8) is 0 Å². The van der Waals surface area contributed by atoms with Crippen LogP contribution in [0.15, 0.2) is 15.7 Å². The number of aromatic amines is 1. The van der Waals surface area contributed by atoms with E-state index in [1.54, 1.807) is 6.92 Å². The van der Waals surface area contributed by atoms with Crippen molar-refractivity contribution < 1.29 is 0 Å².